The van der Waals surface area contributed by atoms with Crippen LogP contribution in [0.4, 0.5) is 0 Å². The molecule has 3 nitrogen and oxygen atoms in total. The Morgan fingerprint density at radius 3 is 2.75 bits per heavy atom. The summed E-state index contributed by atoms with van der Waals surface area (Å²) >= 11 is 6.05. The molecule has 1 fully saturated rings. The van der Waals surface area contributed by atoms with E-state index in [4.69, 9.17) is 16.3 Å². The van der Waals surface area contributed by atoms with Crippen molar-refractivity contribution in [3.63, 3.8) is 0 Å². The van der Waals surface area contributed by atoms with E-state index in [2.05, 4.69) is 4.90 Å². The number of nitrogens with zero attached hydrogens (tertiary/aromatic N) is 1. The molecular formula is C12H16ClNO2. The minimum absolute atomic E-state index is 0.327. The van der Waals surface area contributed by atoms with Gasteiger partial charge in [0.15, 0.2) is 0 Å². The molecule has 0 aliphatic carbocycles. The average Bonchev–Trinajstić information content (AvgIpc) is 2.27. The van der Waals surface area contributed by atoms with Crippen molar-refractivity contribution in [2.75, 3.05) is 26.3 Å². The fourth-order valence-corrected chi connectivity index (χ4v) is 2.02. The molecule has 0 bridgehead atoms. The Morgan fingerprint density at radius 1 is 1.38 bits per heavy atom. The second-order valence-electron chi connectivity index (χ2n) is 4.12. The minimum Gasteiger partial charge on any atom is -0.508 e. The molecule has 0 atom stereocenters. The molecule has 88 valence electrons. The number of aromatic hydroxyl groups is 1. The number of morpholine rings is 1. The van der Waals surface area contributed by atoms with E-state index >= 15 is 0 Å². The van der Waals surface area contributed by atoms with Gasteiger partial charge in [0.2, 0.25) is 0 Å². The van der Waals surface area contributed by atoms with E-state index in [-0.39, 0.29) is 0 Å². The summed E-state index contributed by atoms with van der Waals surface area (Å²) in [5.41, 5.74) is 1.79. The van der Waals surface area contributed by atoms with Crippen molar-refractivity contribution >= 4 is 11.6 Å². The summed E-state index contributed by atoms with van der Waals surface area (Å²) in [6.45, 7) is 5.96. The van der Waals surface area contributed by atoms with Crippen molar-refractivity contribution in [2.24, 2.45) is 0 Å². The fourth-order valence-electron chi connectivity index (χ4n) is 1.83. The summed E-state index contributed by atoms with van der Waals surface area (Å²) in [6, 6.07) is 3.57. The normalized spacial score (nSPS) is 17.6. The van der Waals surface area contributed by atoms with Gasteiger partial charge in [0, 0.05) is 30.2 Å². The van der Waals surface area contributed by atoms with Crippen LogP contribution in [0.1, 0.15) is 11.1 Å². The van der Waals surface area contributed by atoms with Crippen molar-refractivity contribution < 1.29 is 9.84 Å². The highest BCUT2D eigenvalue weighted by Gasteiger charge is 2.13. The van der Waals surface area contributed by atoms with Gasteiger partial charge in [-0.2, -0.15) is 0 Å². The van der Waals surface area contributed by atoms with Gasteiger partial charge in [-0.05, 0) is 24.6 Å². The predicted octanol–water partition coefficient (Wildman–Crippen LogP) is 2.19. The maximum Gasteiger partial charge on any atom is 0.120 e. The molecule has 1 aromatic rings. The van der Waals surface area contributed by atoms with E-state index in [0.29, 0.717) is 10.8 Å². The second kappa shape index (κ2) is 5.04. The van der Waals surface area contributed by atoms with Crippen LogP contribution in [0.5, 0.6) is 5.75 Å². The Bertz CT molecular complexity index is 376. The molecular weight excluding hydrogens is 226 g/mol. The fraction of sp³-hybridized carbons (Fsp3) is 0.500. The summed E-state index contributed by atoms with van der Waals surface area (Å²) in [6.07, 6.45) is 0. The Morgan fingerprint density at radius 2 is 2.06 bits per heavy atom. The minimum atomic E-state index is 0.327. The van der Waals surface area contributed by atoms with Gasteiger partial charge < -0.3 is 9.84 Å². The number of aryl methyl sites for hydroxylation is 1. The second-order valence-corrected chi connectivity index (χ2v) is 4.53. The Kier molecular flexibility index (Phi) is 3.69. The zero-order valence-electron chi connectivity index (χ0n) is 9.37. The zero-order valence-corrected chi connectivity index (χ0v) is 10.1. The van der Waals surface area contributed by atoms with Crippen LogP contribution < -0.4 is 0 Å². The van der Waals surface area contributed by atoms with Gasteiger partial charge in [0.25, 0.3) is 0 Å². The molecule has 2 rings (SSSR count). The molecule has 0 saturated carbocycles. The number of phenols is 1. The first kappa shape index (κ1) is 11.7. The largest absolute Gasteiger partial charge is 0.508 e. The van der Waals surface area contributed by atoms with Crippen LogP contribution in [0.3, 0.4) is 0 Å². The van der Waals surface area contributed by atoms with Crippen LogP contribution in [0.15, 0.2) is 12.1 Å². The molecule has 1 saturated heterocycles. The lowest BCUT2D eigenvalue weighted by Gasteiger charge is -2.26. The number of hydrogen-bond acceptors (Lipinski definition) is 3. The van der Waals surface area contributed by atoms with E-state index in [0.717, 1.165) is 44.0 Å². The molecule has 1 aliphatic rings. The first-order chi connectivity index (χ1) is 7.66. The first-order valence-electron chi connectivity index (χ1n) is 5.45. The average molecular weight is 242 g/mol. The third kappa shape index (κ3) is 2.67. The highest BCUT2D eigenvalue weighted by atomic mass is 35.5. The Balaban J connectivity index is 2.11. The van der Waals surface area contributed by atoms with Gasteiger partial charge in [-0.1, -0.05) is 11.6 Å². The van der Waals surface area contributed by atoms with E-state index in [1.165, 1.54) is 0 Å². The monoisotopic (exact) mass is 241 g/mol. The number of ether oxygens (including phenoxy) is 1. The van der Waals surface area contributed by atoms with E-state index in [1.807, 2.05) is 13.0 Å². The molecule has 1 aliphatic heterocycles. The molecule has 0 aromatic heterocycles. The molecule has 1 N–H and O–H groups in total. The van der Waals surface area contributed by atoms with E-state index in [9.17, 15) is 5.11 Å². The van der Waals surface area contributed by atoms with Crippen molar-refractivity contribution in [3.05, 3.63) is 28.3 Å². The lowest BCUT2D eigenvalue weighted by molar-refractivity contribution is 0.0339. The lowest BCUT2D eigenvalue weighted by Crippen LogP contribution is -2.35. The van der Waals surface area contributed by atoms with Gasteiger partial charge in [0.05, 0.1) is 13.2 Å². The maximum absolute atomic E-state index is 9.83. The summed E-state index contributed by atoms with van der Waals surface area (Å²) < 4.78 is 5.28. The maximum atomic E-state index is 9.83. The molecule has 0 unspecified atom stereocenters. The lowest BCUT2D eigenvalue weighted by atomic mass is 10.1. The van der Waals surface area contributed by atoms with Gasteiger partial charge in [-0.15, -0.1) is 0 Å². The van der Waals surface area contributed by atoms with E-state index in [1.54, 1.807) is 6.07 Å². The van der Waals surface area contributed by atoms with Crippen molar-refractivity contribution in [1.82, 2.24) is 4.90 Å². The number of phenolic OH excluding ortho intramolecular Hbond substituents is 1. The summed E-state index contributed by atoms with van der Waals surface area (Å²) in [7, 11) is 0. The summed E-state index contributed by atoms with van der Waals surface area (Å²) in [5, 5.41) is 10.5. The number of rotatable bonds is 2. The third-order valence-corrected chi connectivity index (χ3v) is 3.26. The van der Waals surface area contributed by atoms with Crippen molar-refractivity contribution in [3.8, 4) is 5.75 Å². The van der Waals surface area contributed by atoms with Crippen molar-refractivity contribution in [2.45, 2.75) is 13.5 Å². The smallest absolute Gasteiger partial charge is 0.120 e. The van der Waals surface area contributed by atoms with Crippen LogP contribution in [0.2, 0.25) is 5.02 Å². The molecule has 1 heterocycles. The Labute approximate surface area is 101 Å². The van der Waals surface area contributed by atoms with Gasteiger partial charge >= 0.3 is 0 Å². The molecule has 0 radical (unpaired) electrons. The molecule has 0 spiro atoms. The van der Waals surface area contributed by atoms with Crippen molar-refractivity contribution in [1.29, 1.82) is 0 Å². The van der Waals surface area contributed by atoms with Gasteiger partial charge in [-0.3, -0.25) is 4.90 Å². The van der Waals surface area contributed by atoms with Crippen LogP contribution in [-0.2, 0) is 11.3 Å². The molecule has 1 aromatic carbocycles. The third-order valence-electron chi connectivity index (χ3n) is 2.86. The predicted molar refractivity (Wildman–Crippen MR) is 63.9 cm³/mol. The summed E-state index contributed by atoms with van der Waals surface area (Å²) in [4.78, 5) is 2.25. The van der Waals surface area contributed by atoms with Crippen LogP contribution in [0, 0.1) is 6.92 Å². The number of halogens is 1. The van der Waals surface area contributed by atoms with Crippen LogP contribution in [0.25, 0.3) is 0 Å². The molecule has 16 heavy (non-hydrogen) atoms. The standard InChI is InChI=1S/C12H16ClNO2/c1-9-6-12(15)10(7-11(9)13)8-14-2-4-16-5-3-14/h6-7,15H,2-5,8H2,1H3. The number of benzene rings is 1. The highest BCUT2D eigenvalue weighted by molar-refractivity contribution is 6.31. The Hall–Kier alpha value is -0.770. The SMILES string of the molecule is Cc1cc(O)c(CN2CCOCC2)cc1Cl. The zero-order chi connectivity index (χ0) is 11.5. The highest BCUT2D eigenvalue weighted by Crippen LogP contribution is 2.26. The number of hydrogen-bond donors (Lipinski definition) is 1. The van der Waals surface area contributed by atoms with Crippen LogP contribution in [-0.4, -0.2) is 36.3 Å². The van der Waals surface area contributed by atoms with Gasteiger partial charge in [-0.25, -0.2) is 0 Å². The first-order valence-corrected chi connectivity index (χ1v) is 5.82. The van der Waals surface area contributed by atoms with Gasteiger partial charge in [0.1, 0.15) is 5.75 Å². The van der Waals surface area contributed by atoms with Crippen LogP contribution >= 0.6 is 11.6 Å². The molecule has 0 amide bonds. The topological polar surface area (TPSA) is 32.7 Å². The quantitative estimate of drug-likeness (QED) is 0.862. The van der Waals surface area contributed by atoms with E-state index < -0.39 is 0 Å². The summed E-state index contributed by atoms with van der Waals surface area (Å²) in [5.74, 6) is 0.327. The molecule has 4 heteroatoms.